The number of carbonyl (C=O) groups is 1. The van der Waals surface area contributed by atoms with E-state index in [1.807, 2.05) is 70.2 Å². The van der Waals surface area contributed by atoms with Gasteiger partial charge in [0.2, 0.25) is 0 Å². The van der Waals surface area contributed by atoms with E-state index in [0.29, 0.717) is 5.56 Å². The molecule has 0 saturated heterocycles. The lowest BCUT2D eigenvalue weighted by molar-refractivity contribution is 0.0380. The van der Waals surface area contributed by atoms with Gasteiger partial charge in [-0.25, -0.2) is 9.78 Å². The van der Waals surface area contributed by atoms with Crippen molar-refractivity contribution in [1.82, 2.24) is 4.98 Å². The topological polar surface area (TPSA) is 39.2 Å². The van der Waals surface area contributed by atoms with Gasteiger partial charge in [-0.2, -0.15) is 0 Å². The molecular weight excluding hydrogens is 298 g/mol. The molecule has 0 aliphatic carbocycles. The summed E-state index contributed by atoms with van der Waals surface area (Å²) in [4.78, 5) is 17.4. The van der Waals surface area contributed by atoms with Crippen LogP contribution in [0.3, 0.4) is 0 Å². The molecular formula is C21H21NO2. The Balaban J connectivity index is 2.28. The Bertz CT molecular complexity index is 899. The molecule has 0 N–H and O–H groups in total. The fourth-order valence-corrected chi connectivity index (χ4v) is 2.88. The van der Waals surface area contributed by atoms with Gasteiger partial charge in [0.15, 0.2) is 0 Å². The standard InChI is InChI=1S/C21H21NO2/c1-13(2)24-21(23)18-12-19(16-8-6-5-7-9-16)22-20-15(4)10-14(3)11-17(18)20/h5-13H,1-4H3. The lowest BCUT2D eigenvalue weighted by Crippen LogP contribution is -2.12. The maximum Gasteiger partial charge on any atom is 0.339 e. The lowest BCUT2D eigenvalue weighted by atomic mass is 10.00. The van der Waals surface area contributed by atoms with Gasteiger partial charge in [0.25, 0.3) is 0 Å². The summed E-state index contributed by atoms with van der Waals surface area (Å²) < 4.78 is 5.45. The first kappa shape index (κ1) is 16.2. The van der Waals surface area contributed by atoms with Crippen molar-refractivity contribution in [2.45, 2.75) is 33.8 Å². The van der Waals surface area contributed by atoms with Gasteiger partial charge in [0.1, 0.15) is 0 Å². The van der Waals surface area contributed by atoms with Crippen LogP contribution in [0.4, 0.5) is 0 Å². The van der Waals surface area contributed by atoms with Crippen molar-refractivity contribution in [3.05, 3.63) is 65.2 Å². The van der Waals surface area contributed by atoms with Crippen molar-refractivity contribution >= 4 is 16.9 Å². The molecule has 2 aromatic carbocycles. The highest BCUT2D eigenvalue weighted by Crippen LogP contribution is 2.28. The first-order valence-corrected chi connectivity index (χ1v) is 8.14. The Kier molecular flexibility index (Phi) is 4.34. The maximum atomic E-state index is 12.6. The number of benzene rings is 2. The Morgan fingerprint density at radius 2 is 1.75 bits per heavy atom. The minimum Gasteiger partial charge on any atom is -0.459 e. The summed E-state index contributed by atoms with van der Waals surface area (Å²) in [5, 5.41) is 0.845. The summed E-state index contributed by atoms with van der Waals surface area (Å²) in [6.45, 7) is 7.76. The molecule has 0 amide bonds. The van der Waals surface area contributed by atoms with Crippen LogP contribution in [0.2, 0.25) is 0 Å². The molecule has 24 heavy (non-hydrogen) atoms. The van der Waals surface area contributed by atoms with Gasteiger partial charge in [-0.3, -0.25) is 0 Å². The average molecular weight is 319 g/mol. The molecule has 0 radical (unpaired) electrons. The number of pyridine rings is 1. The van der Waals surface area contributed by atoms with E-state index in [1.54, 1.807) is 0 Å². The molecule has 0 fully saturated rings. The highest BCUT2D eigenvalue weighted by Gasteiger charge is 2.17. The van der Waals surface area contributed by atoms with Crippen LogP contribution >= 0.6 is 0 Å². The molecule has 3 aromatic rings. The third kappa shape index (κ3) is 3.16. The second kappa shape index (κ2) is 6.44. The van der Waals surface area contributed by atoms with Gasteiger partial charge in [-0.15, -0.1) is 0 Å². The summed E-state index contributed by atoms with van der Waals surface area (Å²) in [5.41, 5.74) is 5.34. The number of aryl methyl sites for hydroxylation is 2. The maximum absolute atomic E-state index is 12.6. The van der Waals surface area contributed by atoms with E-state index in [-0.39, 0.29) is 12.1 Å². The number of fused-ring (bicyclic) bond motifs is 1. The van der Waals surface area contributed by atoms with E-state index in [9.17, 15) is 4.79 Å². The van der Waals surface area contributed by atoms with E-state index < -0.39 is 0 Å². The third-order valence-electron chi connectivity index (χ3n) is 3.88. The van der Waals surface area contributed by atoms with Crippen molar-refractivity contribution in [3.63, 3.8) is 0 Å². The summed E-state index contributed by atoms with van der Waals surface area (Å²) in [6.07, 6.45) is -0.160. The van der Waals surface area contributed by atoms with E-state index in [2.05, 4.69) is 6.07 Å². The molecule has 3 rings (SSSR count). The largest absolute Gasteiger partial charge is 0.459 e. The van der Waals surface area contributed by atoms with Gasteiger partial charge in [-0.05, 0) is 45.4 Å². The van der Waals surface area contributed by atoms with Crippen molar-refractivity contribution in [2.75, 3.05) is 0 Å². The molecule has 0 atom stereocenters. The highest BCUT2D eigenvalue weighted by molar-refractivity contribution is 6.05. The zero-order chi connectivity index (χ0) is 17.3. The van der Waals surface area contributed by atoms with Crippen molar-refractivity contribution in [1.29, 1.82) is 0 Å². The predicted molar refractivity (Wildman–Crippen MR) is 97.2 cm³/mol. The smallest absolute Gasteiger partial charge is 0.339 e. The van der Waals surface area contributed by atoms with E-state index in [0.717, 1.165) is 33.3 Å². The number of esters is 1. The number of hydrogen-bond donors (Lipinski definition) is 0. The lowest BCUT2D eigenvalue weighted by Gasteiger charge is -2.13. The highest BCUT2D eigenvalue weighted by atomic mass is 16.5. The summed E-state index contributed by atoms with van der Waals surface area (Å²) in [5.74, 6) is -0.306. The number of hydrogen-bond acceptors (Lipinski definition) is 3. The number of carbonyl (C=O) groups excluding carboxylic acids is 1. The number of aromatic nitrogens is 1. The number of rotatable bonds is 3. The van der Waals surface area contributed by atoms with Crippen molar-refractivity contribution in [2.24, 2.45) is 0 Å². The second-order valence-corrected chi connectivity index (χ2v) is 6.35. The van der Waals surface area contributed by atoms with Gasteiger partial charge < -0.3 is 4.74 Å². The summed E-state index contributed by atoms with van der Waals surface area (Å²) >= 11 is 0. The van der Waals surface area contributed by atoms with Gasteiger partial charge in [0.05, 0.1) is 22.9 Å². The monoisotopic (exact) mass is 319 g/mol. The first-order chi connectivity index (χ1) is 11.5. The Morgan fingerprint density at radius 1 is 1.04 bits per heavy atom. The number of ether oxygens (including phenoxy) is 1. The van der Waals surface area contributed by atoms with E-state index in [1.165, 1.54) is 0 Å². The molecule has 3 heteroatoms. The van der Waals surface area contributed by atoms with E-state index in [4.69, 9.17) is 9.72 Å². The summed E-state index contributed by atoms with van der Waals surface area (Å²) in [7, 11) is 0. The SMILES string of the molecule is Cc1cc(C)c2nc(-c3ccccc3)cc(C(=O)OC(C)C)c2c1. The Labute approximate surface area is 142 Å². The van der Waals surface area contributed by atoms with Crippen LogP contribution in [-0.4, -0.2) is 17.1 Å². The van der Waals surface area contributed by atoms with E-state index >= 15 is 0 Å². The molecule has 122 valence electrons. The molecule has 0 spiro atoms. The molecule has 0 saturated carbocycles. The minimum atomic E-state index is -0.306. The Hall–Kier alpha value is -2.68. The van der Waals surface area contributed by atoms with Gasteiger partial charge in [0, 0.05) is 10.9 Å². The minimum absolute atomic E-state index is 0.160. The molecule has 0 bridgehead atoms. The molecule has 3 nitrogen and oxygen atoms in total. The fourth-order valence-electron chi connectivity index (χ4n) is 2.88. The van der Waals surface area contributed by atoms with Crippen molar-refractivity contribution < 1.29 is 9.53 Å². The van der Waals surface area contributed by atoms with Gasteiger partial charge >= 0.3 is 5.97 Å². The second-order valence-electron chi connectivity index (χ2n) is 6.35. The van der Waals surface area contributed by atoms with Crippen LogP contribution in [0.15, 0.2) is 48.5 Å². The Morgan fingerprint density at radius 3 is 2.42 bits per heavy atom. The molecule has 1 aromatic heterocycles. The fraction of sp³-hybridized carbons (Fsp3) is 0.238. The van der Waals surface area contributed by atoms with Crippen LogP contribution in [-0.2, 0) is 4.74 Å². The van der Waals surface area contributed by atoms with Crippen LogP contribution in [0, 0.1) is 13.8 Å². The molecule has 1 heterocycles. The molecule has 0 aliphatic rings. The van der Waals surface area contributed by atoms with Crippen LogP contribution in [0.5, 0.6) is 0 Å². The van der Waals surface area contributed by atoms with Crippen LogP contribution < -0.4 is 0 Å². The zero-order valence-corrected chi connectivity index (χ0v) is 14.5. The van der Waals surface area contributed by atoms with Crippen LogP contribution in [0.25, 0.3) is 22.2 Å². The zero-order valence-electron chi connectivity index (χ0n) is 14.5. The van der Waals surface area contributed by atoms with Crippen LogP contribution in [0.1, 0.15) is 35.3 Å². The van der Waals surface area contributed by atoms with Crippen molar-refractivity contribution in [3.8, 4) is 11.3 Å². The van der Waals surface area contributed by atoms with Gasteiger partial charge in [-0.1, -0.05) is 42.0 Å². The predicted octanol–water partition coefficient (Wildman–Crippen LogP) is 5.08. The quantitative estimate of drug-likeness (QED) is 0.632. The summed E-state index contributed by atoms with van der Waals surface area (Å²) in [6, 6.07) is 15.8. The first-order valence-electron chi connectivity index (χ1n) is 8.14. The molecule has 0 aliphatic heterocycles. The average Bonchev–Trinajstić information content (AvgIpc) is 2.54. The molecule has 0 unspecified atom stereocenters. The number of nitrogens with zero attached hydrogens (tertiary/aromatic N) is 1. The normalized spacial score (nSPS) is 11.0. The third-order valence-corrected chi connectivity index (χ3v) is 3.88.